The van der Waals surface area contributed by atoms with Crippen LogP contribution in [0.1, 0.15) is 38.1 Å². The molecular weight excluding hydrogens is 438 g/mol. The number of carbonyl (C=O) groups excluding carboxylic acids is 2. The molecule has 1 aliphatic heterocycles. The molecule has 0 radical (unpaired) electrons. The molecule has 2 aromatic carbocycles. The Morgan fingerprint density at radius 1 is 1.13 bits per heavy atom. The summed E-state index contributed by atoms with van der Waals surface area (Å²) in [5.41, 5.74) is 0.773. The molecule has 1 saturated heterocycles. The number of anilines is 3. The molecule has 31 heavy (non-hydrogen) atoms. The second kappa shape index (κ2) is 8.51. The summed E-state index contributed by atoms with van der Waals surface area (Å²) in [5, 5.41) is 2.87. The number of hydrogen-bond acceptors (Lipinski definition) is 5. The van der Waals surface area contributed by atoms with Gasteiger partial charge in [0.05, 0.1) is 21.9 Å². The van der Waals surface area contributed by atoms with Gasteiger partial charge in [-0.15, -0.1) is 0 Å². The van der Waals surface area contributed by atoms with Crippen molar-refractivity contribution in [2.24, 2.45) is 5.41 Å². The topological polar surface area (TPSA) is 86.8 Å². The zero-order valence-corrected chi connectivity index (χ0v) is 19.5. The van der Waals surface area contributed by atoms with E-state index in [4.69, 9.17) is 11.6 Å². The van der Waals surface area contributed by atoms with Crippen molar-refractivity contribution in [3.05, 3.63) is 53.1 Å². The number of nitrogens with one attached hydrogen (secondary N) is 1. The Morgan fingerprint density at radius 3 is 2.26 bits per heavy atom. The van der Waals surface area contributed by atoms with Gasteiger partial charge in [-0.05, 0) is 70.2 Å². The molecule has 2 amide bonds. The Bertz CT molecular complexity index is 1110. The van der Waals surface area contributed by atoms with Crippen molar-refractivity contribution in [2.75, 3.05) is 33.4 Å². The molecule has 7 nitrogen and oxygen atoms in total. The maximum atomic E-state index is 12.8. The van der Waals surface area contributed by atoms with Gasteiger partial charge in [0.1, 0.15) is 0 Å². The van der Waals surface area contributed by atoms with Crippen LogP contribution in [0.5, 0.6) is 0 Å². The van der Waals surface area contributed by atoms with Crippen molar-refractivity contribution in [3.8, 4) is 0 Å². The molecule has 1 N–H and O–H groups in total. The summed E-state index contributed by atoms with van der Waals surface area (Å²) in [6.07, 6.45) is 0. The third kappa shape index (κ3) is 4.55. The first-order chi connectivity index (χ1) is 14.5. The van der Waals surface area contributed by atoms with E-state index >= 15 is 0 Å². The van der Waals surface area contributed by atoms with Gasteiger partial charge in [0.2, 0.25) is 15.9 Å². The molecule has 0 atom stereocenters. The van der Waals surface area contributed by atoms with E-state index in [1.54, 1.807) is 26.0 Å². The average Bonchev–Trinajstić information content (AvgIpc) is 2.87. The number of hydrogen-bond donors (Lipinski definition) is 1. The van der Waals surface area contributed by atoms with E-state index in [0.717, 1.165) is 18.8 Å². The quantitative estimate of drug-likeness (QED) is 0.695. The highest BCUT2D eigenvalue weighted by atomic mass is 35.5. The minimum atomic E-state index is -3.88. The zero-order chi connectivity index (χ0) is 23.0. The third-order valence-corrected chi connectivity index (χ3v) is 7.59. The lowest BCUT2D eigenvalue weighted by atomic mass is 9.95. The highest BCUT2D eigenvalue weighted by molar-refractivity contribution is 7.94. The molecule has 1 fully saturated rings. The van der Waals surface area contributed by atoms with Gasteiger partial charge in [0, 0.05) is 30.0 Å². The van der Waals surface area contributed by atoms with Crippen molar-refractivity contribution >= 4 is 50.5 Å². The van der Waals surface area contributed by atoms with Gasteiger partial charge in [-0.3, -0.25) is 9.59 Å². The van der Waals surface area contributed by atoms with Gasteiger partial charge in [-0.25, -0.2) is 12.7 Å². The van der Waals surface area contributed by atoms with Crippen molar-refractivity contribution < 1.29 is 18.0 Å². The number of halogens is 1. The highest BCUT2D eigenvalue weighted by Crippen LogP contribution is 2.39. The summed E-state index contributed by atoms with van der Waals surface area (Å²) >= 11 is 6.21. The molecule has 2 aromatic rings. The minimum Gasteiger partial charge on any atom is -0.372 e. The SMILES string of the molecule is CCN(CC)c1ccc(NC(=O)c2ccc(Cl)c(N3C(=O)C(C)(C)CS3(=O)=O)c2)cc1. The fourth-order valence-corrected chi connectivity index (χ4v) is 5.97. The number of benzene rings is 2. The van der Waals surface area contributed by atoms with Crippen LogP contribution in [0.25, 0.3) is 0 Å². The first kappa shape index (κ1) is 23.1. The minimum absolute atomic E-state index is 0.0122. The lowest BCUT2D eigenvalue weighted by molar-refractivity contribution is -0.123. The Balaban J connectivity index is 1.86. The second-order valence-electron chi connectivity index (χ2n) is 8.05. The van der Waals surface area contributed by atoms with Crippen molar-refractivity contribution in [1.82, 2.24) is 0 Å². The van der Waals surface area contributed by atoms with Crippen LogP contribution >= 0.6 is 11.6 Å². The molecule has 0 aliphatic carbocycles. The molecule has 3 rings (SSSR count). The number of rotatable bonds is 6. The molecular formula is C22H26ClN3O4S. The lowest BCUT2D eigenvalue weighted by Crippen LogP contribution is -2.33. The normalized spacial score (nSPS) is 16.9. The van der Waals surface area contributed by atoms with Crippen molar-refractivity contribution in [2.45, 2.75) is 27.7 Å². The van der Waals surface area contributed by atoms with Crippen LogP contribution in [0.3, 0.4) is 0 Å². The summed E-state index contributed by atoms with van der Waals surface area (Å²) < 4.78 is 25.9. The number of sulfonamides is 1. The molecule has 0 aromatic heterocycles. The van der Waals surface area contributed by atoms with Gasteiger partial charge in [-0.1, -0.05) is 11.6 Å². The Labute approximate surface area is 188 Å². The van der Waals surface area contributed by atoms with Crippen LogP contribution < -0.4 is 14.5 Å². The summed E-state index contributed by atoms with van der Waals surface area (Å²) in [6.45, 7) is 9.04. The smallest absolute Gasteiger partial charge is 0.255 e. The van der Waals surface area contributed by atoms with Gasteiger partial charge in [0.25, 0.3) is 5.91 Å². The summed E-state index contributed by atoms with van der Waals surface area (Å²) in [4.78, 5) is 27.7. The van der Waals surface area contributed by atoms with Crippen LogP contribution in [0.15, 0.2) is 42.5 Å². The molecule has 1 aliphatic rings. The predicted molar refractivity (Wildman–Crippen MR) is 124 cm³/mol. The summed E-state index contributed by atoms with van der Waals surface area (Å²) in [5.74, 6) is -1.32. The third-order valence-electron chi connectivity index (χ3n) is 5.27. The molecule has 1 heterocycles. The standard InChI is InChI=1S/C22H26ClN3O4S/c1-5-25(6-2)17-10-8-16(9-11-17)24-20(27)15-7-12-18(23)19(13-15)26-21(28)22(3,4)14-31(26,29)30/h7-13H,5-6,14H2,1-4H3,(H,24,27). The van der Waals surface area contributed by atoms with Crippen molar-refractivity contribution in [1.29, 1.82) is 0 Å². The second-order valence-corrected chi connectivity index (χ2v) is 10.3. The van der Waals surface area contributed by atoms with E-state index in [1.165, 1.54) is 18.2 Å². The van der Waals surface area contributed by atoms with Gasteiger partial charge in [0.15, 0.2) is 0 Å². The summed E-state index contributed by atoms with van der Waals surface area (Å²) in [7, 11) is -3.88. The van der Waals surface area contributed by atoms with Gasteiger partial charge < -0.3 is 10.2 Å². The maximum absolute atomic E-state index is 12.8. The van der Waals surface area contributed by atoms with Crippen LogP contribution in [-0.4, -0.2) is 39.1 Å². The van der Waals surface area contributed by atoms with E-state index in [2.05, 4.69) is 24.1 Å². The maximum Gasteiger partial charge on any atom is 0.255 e. The largest absolute Gasteiger partial charge is 0.372 e. The van der Waals surface area contributed by atoms with E-state index in [1.807, 2.05) is 12.1 Å². The van der Waals surface area contributed by atoms with E-state index in [9.17, 15) is 18.0 Å². The van der Waals surface area contributed by atoms with Crippen molar-refractivity contribution in [3.63, 3.8) is 0 Å². The monoisotopic (exact) mass is 463 g/mol. The molecule has 0 saturated carbocycles. The van der Waals surface area contributed by atoms with Gasteiger partial charge >= 0.3 is 0 Å². The van der Waals surface area contributed by atoms with Crippen LogP contribution in [0.4, 0.5) is 17.1 Å². The van der Waals surface area contributed by atoms with E-state index in [-0.39, 0.29) is 22.0 Å². The fraction of sp³-hybridized carbons (Fsp3) is 0.364. The first-order valence-electron chi connectivity index (χ1n) is 10.0. The number of amides is 2. The van der Waals surface area contributed by atoms with Crippen LogP contribution in [0, 0.1) is 5.41 Å². The van der Waals surface area contributed by atoms with Crippen LogP contribution in [-0.2, 0) is 14.8 Å². The first-order valence-corrected chi connectivity index (χ1v) is 12.0. The van der Waals surface area contributed by atoms with E-state index in [0.29, 0.717) is 9.99 Å². The molecule has 0 unspecified atom stereocenters. The molecule has 0 bridgehead atoms. The Morgan fingerprint density at radius 2 is 1.74 bits per heavy atom. The fourth-order valence-electron chi connectivity index (χ4n) is 3.60. The van der Waals surface area contributed by atoms with Gasteiger partial charge in [-0.2, -0.15) is 0 Å². The predicted octanol–water partition coefficient (Wildman–Crippen LogP) is 4.14. The Hall–Kier alpha value is -2.58. The lowest BCUT2D eigenvalue weighted by Gasteiger charge is -2.21. The molecule has 9 heteroatoms. The number of carbonyl (C=O) groups is 2. The number of nitrogens with zero attached hydrogens (tertiary/aromatic N) is 2. The summed E-state index contributed by atoms with van der Waals surface area (Å²) in [6, 6.07) is 11.7. The zero-order valence-electron chi connectivity index (χ0n) is 18.0. The highest BCUT2D eigenvalue weighted by Gasteiger charge is 2.50. The average molecular weight is 464 g/mol. The van der Waals surface area contributed by atoms with E-state index < -0.39 is 27.3 Å². The van der Waals surface area contributed by atoms with Crippen LogP contribution in [0.2, 0.25) is 5.02 Å². The Kier molecular flexibility index (Phi) is 6.34. The molecule has 166 valence electrons. The molecule has 0 spiro atoms.